The molecule has 0 spiro atoms. The zero-order valence-electron chi connectivity index (χ0n) is 40.0. The lowest BCUT2D eigenvalue weighted by atomic mass is 10.1. The van der Waals surface area contributed by atoms with E-state index < -0.39 is 11.9 Å². The number of pyridine rings is 2. The predicted molar refractivity (Wildman–Crippen MR) is 282 cm³/mol. The van der Waals surface area contributed by atoms with E-state index in [1.165, 1.54) is 34.2 Å². The van der Waals surface area contributed by atoms with Gasteiger partial charge in [0, 0.05) is 82.1 Å². The molecule has 0 radical (unpaired) electrons. The Labute approximate surface area is 431 Å². The molecular weight excluding hydrogens is 961 g/mol. The summed E-state index contributed by atoms with van der Waals surface area (Å²) >= 11 is 0. The zero-order chi connectivity index (χ0) is 51.9. The molecule has 0 fully saturated rings. The van der Waals surface area contributed by atoms with Gasteiger partial charge in [-0.25, -0.2) is 19.6 Å². The van der Waals surface area contributed by atoms with Crippen LogP contribution in [0, 0.1) is 0 Å². The number of nitrogens with one attached hydrogen (secondary N) is 4. The Morgan fingerprint density at radius 1 is 0.487 bits per heavy atom. The number of aliphatic hydroxyl groups is 1. The Hall–Kier alpha value is -10.7. The van der Waals surface area contributed by atoms with Gasteiger partial charge in [-0.05, 0) is 93.4 Å². The van der Waals surface area contributed by atoms with Crippen LogP contribution in [0.5, 0.6) is 5.75 Å². The molecule has 76 heavy (non-hydrogen) atoms. The Balaban J connectivity index is 0.000000124. The first-order valence-corrected chi connectivity index (χ1v) is 24.1. The number of imidazole rings is 2. The number of aromatic hydroxyl groups is 1. The first-order chi connectivity index (χ1) is 37.2. The Kier molecular flexibility index (Phi) is 11.8. The normalized spacial score (nSPS) is 14.1. The molecule has 0 bridgehead atoms. The van der Waals surface area contributed by atoms with Gasteiger partial charge >= 0.3 is 23.6 Å². The molecule has 6 heterocycles. The molecule has 1 aliphatic heterocycles. The number of aromatic amines is 3. The average Bonchev–Trinajstić information content (AvgIpc) is 4.33. The predicted octanol–water partition coefficient (Wildman–Crippen LogP) is 9.06. The molecule has 0 saturated carbocycles. The van der Waals surface area contributed by atoms with Crippen molar-refractivity contribution in [2.45, 2.75) is 12.8 Å². The number of benzene rings is 6. The summed E-state index contributed by atoms with van der Waals surface area (Å²) in [7, 11) is 0. The second-order valence-electron chi connectivity index (χ2n) is 17.9. The summed E-state index contributed by atoms with van der Waals surface area (Å²) in [4.78, 5) is 80.0. The van der Waals surface area contributed by atoms with Gasteiger partial charge in [0.25, 0.3) is 0 Å². The summed E-state index contributed by atoms with van der Waals surface area (Å²) in [6.07, 6.45) is 7.21. The number of aromatic nitrogens is 7. The van der Waals surface area contributed by atoms with Crippen molar-refractivity contribution in [1.29, 1.82) is 0 Å². The maximum absolute atomic E-state index is 13.0. The number of carbonyl (C=O) groups is 4. The van der Waals surface area contributed by atoms with Crippen LogP contribution >= 0.6 is 0 Å². The van der Waals surface area contributed by atoms with Gasteiger partial charge in [0.15, 0.2) is 16.8 Å². The molecular formula is C60H42N8O8+2. The lowest BCUT2D eigenvalue weighted by molar-refractivity contribution is -0.861. The van der Waals surface area contributed by atoms with Crippen molar-refractivity contribution in [1.82, 2.24) is 24.9 Å². The molecule has 5 aromatic heterocycles. The van der Waals surface area contributed by atoms with Gasteiger partial charge in [0.05, 0.1) is 22.5 Å². The Morgan fingerprint density at radius 3 is 1.51 bits per heavy atom. The lowest BCUT2D eigenvalue weighted by Gasteiger charge is -2.02. The summed E-state index contributed by atoms with van der Waals surface area (Å²) in [5, 5.41) is 24.6. The first kappa shape index (κ1) is 46.3. The van der Waals surface area contributed by atoms with Gasteiger partial charge in [-0.2, -0.15) is 0 Å². The van der Waals surface area contributed by atoms with Gasteiger partial charge in [-0.1, -0.05) is 97.1 Å². The summed E-state index contributed by atoms with van der Waals surface area (Å²) in [6.45, 7) is 0. The number of fused-ring (bicyclic) bond motifs is 6. The molecule has 16 nitrogen and oxygen atoms in total. The molecule has 368 valence electrons. The van der Waals surface area contributed by atoms with Crippen molar-refractivity contribution in [3.63, 3.8) is 0 Å². The van der Waals surface area contributed by atoms with E-state index >= 15 is 0 Å². The molecule has 0 unspecified atom stereocenters. The number of rotatable bonds is 6. The number of anilines is 1. The molecule has 0 atom stereocenters. The van der Waals surface area contributed by atoms with E-state index in [1.807, 2.05) is 140 Å². The van der Waals surface area contributed by atoms with Gasteiger partial charge in [-0.15, -0.1) is 0 Å². The highest BCUT2D eigenvalue weighted by molar-refractivity contribution is 6.25. The minimum Gasteiger partial charge on any atom is -0.507 e. The molecule has 11 aromatic rings. The topological polar surface area (TPSA) is 220 Å². The summed E-state index contributed by atoms with van der Waals surface area (Å²) in [6, 6.07) is 51.2. The van der Waals surface area contributed by atoms with Gasteiger partial charge in [-0.3, -0.25) is 29.2 Å². The maximum atomic E-state index is 13.0. The third kappa shape index (κ3) is 8.36. The standard InChI is InChI=1S/C26H16N6O4.C17H13NO2.C17H11NO2/c33-25(17-9-13-27-14-10-17)35-31-21-7-3-1-5-19(21)29-23(31)24-30-20-6-2-4-8-22(20)32(24)36-26(34)18-11-15-28-16-12-18;2*19-16-11-6-2-1-5-10(11)9-13(16)15-17(20)12-7-3-4-8-14(12)18-15/h1-16H;1-8,18-20H,9H2;1-8,18H,9H2/p+2/b;;15-13-. The Morgan fingerprint density at radius 2 is 0.961 bits per heavy atom. The van der Waals surface area contributed by atoms with Crippen LogP contribution in [0.1, 0.15) is 63.8 Å². The highest BCUT2D eigenvalue weighted by atomic mass is 16.7. The number of carbonyl (C=O) groups excluding carboxylic acids is 4. The molecule has 6 aromatic carbocycles. The van der Waals surface area contributed by atoms with Crippen molar-refractivity contribution in [3.8, 4) is 17.4 Å². The Bertz CT molecular complexity index is 4020. The molecule has 2 aliphatic carbocycles. The van der Waals surface area contributed by atoms with Gasteiger partial charge < -0.3 is 20.5 Å². The summed E-state index contributed by atoms with van der Waals surface area (Å²) in [5.41, 5.74) is 11.6. The van der Waals surface area contributed by atoms with Crippen LogP contribution in [0.25, 0.3) is 56.0 Å². The second-order valence-corrected chi connectivity index (χ2v) is 17.9. The highest BCUT2D eigenvalue weighted by Gasteiger charge is 2.38. The quantitative estimate of drug-likeness (QED) is 0.0682. The second kappa shape index (κ2) is 19.4. The number of H-pyrrole nitrogens is 3. The molecule has 0 amide bonds. The van der Waals surface area contributed by atoms with Gasteiger partial charge in [0.1, 0.15) is 11.5 Å². The highest BCUT2D eigenvalue weighted by Crippen LogP contribution is 2.42. The fraction of sp³-hybridized carbons (Fsp3) is 0.0333. The average molecular weight is 1000 g/mol. The smallest absolute Gasteiger partial charge is 0.415 e. The van der Waals surface area contributed by atoms with Crippen molar-refractivity contribution in [3.05, 3.63) is 251 Å². The van der Waals surface area contributed by atoms with Crippen LogP contribution < -0.4 is 24.5 Å². The number of hydrogen-bond donors (Lipinski definition) is 6. The van der Waals surface area contributed by atoms with Crippen molar-refractivity contribution >= 4 is 73.5 Å². The monoisotopic (exact) mass is 1000 g/mol. The molecule has 3 aliphatic rings. The molecule has 6 N–H and O–H groups in total. The van der Waals surface area contributed by atoms with Crippen LogP contribution in [-0.2, 0) is 12.8 Å². The van der Waals surface area contributed by atoms with Crippen molar-refractivity contribution < 1.29 is 48.5 Å². The van der Waals surface area contributed by atoms with E-state index in [0.29, 0.717) is 85.8 Å². The fourth-order valence-corrected chi connectivity index (χ4v) is 9.61. The number of allylic oxidation sites excluding steroid dienone is 3. The number of hydrogen-bond acceptors (Lipinski definition) is 11. The van der Waals surface area contributed by atoms with Crippen LogP contribution in [0.15, 0.2) is 206 Å². The molecule has 14 rings (SSSR count). The summed E-state index contributed by atoms with van der Waals surface area (Å²) in [5.74, 6) is -0.109. The van der Waals surface area contributed by atoms with E-state index in [1.54, 1.807) is 30.3 Å². The van der Waals surface area contributed by atoms with Crippen LogP contribution in [0.4, 0.5) is 5.69 Å². The zero-order valence-corrected chi connectivity index (χ0v) is 40.0. The number of aliphatic hydroxyl groups excluding tert-OH is 1. The number of Topliss-reactive ketones (excluding diaryl/α,β-unsaturated/α-hetero) is 2. The fourth-order valence-electron chi connectivity index (χ4n) is 9.61. The minimum absolute atomic E-state index is 0.0377. The third-order valence-corrected chi connectivity index (χ3v) is 13.3. The van der Waals surface area contributed by atoms with Crippen LogP contribution in [-0.4, -0.2) is 58.6 Å². The van der Waals surface area contributed by atoms with E-state index in [0.717, 1.165) is 38.9 Å². The van der Waals surface area contributed by atoms with E-state index in [-0.39, 0.29) is 23.1 Å². The SMILES string of the molecule is O=C(O[n+]1c(-c2[nH]c3ccccc3[n+]2OC(=O)c2ccncc2)[nH]c2ccccc21)c1ccncc1.O=C1/C(=C2\Nc3ccccc3C2=O)Cc2ccccc21.OC1=C(c2[nH]c3ccccc3c2O)Cc2ccccc21. The van der Waals surface area contributed by atoms with Crippen LogP contribution in [0.3, 0.4) is 0 Å². The van der Waals surface area contributed by atoms with E-state index in [2.05, 4.69) is 30.2 Å². The van der Waals surface area contributed by atoms with Crippen molar-refractivity contribution in [2.75, 3.05) is 5.32 Å². The van der Waals surface area contributed by atoms with Crippen molar-refractivity contribution in [2.24, 2.45) is 0 Å². The maximum Gasteiger partial charge on any atom is 0.415 e. The van der Waals surface area contributed by atoms with Gasteiger partial charge in [0.2, 0.25) is 16.8 Å². The number of nitrogens with zero attached hydrogens (tertiary/aromatic N) is 4. The lowest BCUT2D eigenvalue weighted by Crippen LogP contribution is -2.52. The number of ketones is 2. The number of para-hydroxylation sites is 6. The van der Waals surface area contributed by atoms with E-state index in [4.69, 9.17) is 9.68 Å². The third-order valence-electron chi connectivity index (χ3n) is 13.3. The van der Waals surface area contributed by atoms with Crippen LogP contribution in [0.2, 0.25) is 0 Å². The molecule has 16 heteroatoms. The minimum atomic E-state index is -0.579. The first-order valence-electron chi connectivity index (χ1n) is 24.1. The molecule has 0 saturated heterocycles. The van der Waals surface area contributed by atoms with E-state index in [9.17, 15) is 29.4 Å². The largest absolute Gasteiger partial charge is 0.507 e. The summed E-state index contributed by atoms with van der Waals surface area (Å²) < 4.78 is 2.75.